The van der Waals surface area contributed by atoms with Crippen LogP contribution in [0.25, 0.3) is 0 Å². The Hall–Kier alpha value is -2.50. The minimum atomic E-state index is -0.554. The maximum Gasteiger partial charge on any atom is 0.239 e. The number of halogens is 1. The van der Waals surface area contributed by atoms with Crippen LogP contribution in [-0.2, 0) is 10.2 Å². The summed E-state index contributed by atoms with van der Waals surface area (Å²) in [5.74, 6) is 0.137. The topological polar surface area (TPSA) is 49.3 Å². The summed E-state index contributed by atoms with van der Waals surface area (Å²) < 4.78 is 13.1. The largest absolute Gasteiger partial charge is 0.339 e. The first-order valence-electron chi connectivity index (χ1n) is 7.72. The van der Waals surface area contributed by atoms with Gasteiger partial charge in [0.15, 0.2) is 5.82 Å². The maximum atomic E-state index is 13.1. The number of aromatic nitrogens is 2. The highest BCUT2D eigenvalue weighted by molar-refractivity contribution is 6.08. The third kappa shape index (κ3) is 2.01. The molecule has 6 heteroatoms. The van der Waals surface area contributed by atoms with Crippen LogP contribution < -0.4 is 9.80 Å². The number of carbonyl (C=O) groups excluding carboxylic acids is 1. The van der Waals surface area contributed by atoms with Gasteiger partial charge in [-0.2, -0.15) is 0 Å². The predicted octanol–water partition coefficient (Wildman–Crippen LogP) is 2.13. The van der Waals surface area contributed by atoms with E-state index < -0.39 is 11.2 Å². The molecule has 1 atom stereocenters. The van der Waals surface area contributed by atoms with E-state index >= 15 is 0 Å². The molecule has 118 valence electrons. The van der Waals surface area contributed by atoms with Gasteiger partial charge in [0, 0.05) is 25.8 Å². The minimum Gasteiger partial charge on any atom is -0.339 e. The van der Waals surface area contributed by atoms with Crippen LogP contribution in [0.3, 0.4) is 0 Å². The average Bonchev–Trinajstić information content (AvgIpc) is 2.79. The van der Waals surface area contributed by atoms with E-state index in [1.807, 2.05) is 36.2 Å². The summed E-state index contributed by atoms with van der Waals surface area (Å²) in [7, 11) is 1.82. The second kappa shape index (κ2) is 5.01. The van der Waals surface area contributed by atoms with Gasteiger partial charge in [-0.15, -0.1) is 0 Å². The van der Waals surface area contributed by atoms with E-state index in [1.165, 1.54) is 12.4 Å². The van der Waals surface area contributed by atoms with Crippen molar-refractivity contribution in [2.24, 2.45) is 0 Å². The van der Waals surface area contributed by atoms with Gasteiger partial charge in [-0.3, -0.25) is 4.79 Å². The number of hydrogen-bond acceptors (Lipinski definition) is 4. The van der Waals surface area contributed by atoms with E-state index in [1.54, 1.807) is 4.90 Å². The van der Waals surface area contributed by atoms with Crippen molar-refractivity contribution in [2.75, 3.05) is 29.9 Å². The van der Waals surface area contributed by atoms with E-state index in [2.05, 4.69) is 9.97 Å². The molecule has 1 unspecified atom stereocenters. The van der Waals surface area contributed by atoms with Gasteiger partial charge in [-0.25, -0.2) is 14.4 Å². The number of likely N-dealkylation sites (N-methyl/N-ethyl adjacent to an activating group) is 1. The molecule has 0 N–H and O–H groups in total. The second-order valence-electron chi connectivity index (χ2n) is 6.19. The van der Waals surface area contributed by atoms with Crippen molar-refractivity contribution in [1.82, 2.24) is 9.97 Å². The number of anilines is 2. The third-order valence-electron chi connectivity index (χ3n) is 4.88. The van der Waals surface area contributed by atoms with Crippen LogP contribution in [0, 0.1) is 5.82 Å². The van der Waals surface area contributed by atoms with Gasteiger partial charge >= 0.3 is 0 Å². The van der Waals surface area contributed by atoms with Gasteiger partial charge < -0.3 is 9.80 Å². The zero-order chi connectivity index (χ0) is 16.0. The van der Waals surface area contributed by atoms with Crippen LogP contribution in [0.15, 0.2) is 36.7 Å². The van der Waals surface area contributed by atoms with Crippen molar-refractivity contribution in [3.8, 4) is 0 Å². The molecule has 1 spiro atoms. The van der Waals surface area contributed by atoms with E-state index in [-0.39, 0.29) is 5.91 Å². The smallest absolute Gasteiger partial charge is 0.239 e. The van der Waals surface area contributed by atoms with Crippen LogP contribution in [0.5, 0.6) is 0 Å². The van der Waals surface area contributed by atoms with Crippen LogP contribution >= 0.6 is 0 Å². The Morgan fingerprint density at radius 2 is 1.96 bits per heavy atom. The summed E-state index contributed by atoms with van der Waals surface area (Å²) in [6, 6.07) is 7.94. The van der Waals surface area contributed by atoms with Gasteiger partial charge in [0.05, 0.1) is 17.8 Å². The quantitative estimate of drug-likeness (QED) is 0.809. The molecule has 1 aromatic carbocycles. The molecule has 1 saturated heterocycles. The molecule has 3 heterocycles. The van der Waals surface area contributed by atoms with Gasteiger partial charge in [-0.05, 0) is 24.5 Å². The number of carbonyl (C=O) groups is 1. The molecule has 1 fully saturated rings. The molecule has 2 aliphatic rings. The van der Waals surface area contributed by atoms with E-state index in [9.17, 15) is 9.18 Å². The standard InChI is InChI=1S/C17H17FN4O/c1-21-14-6-3-2-5-13(14)17(15(21)23)7-4-8-22(11-17)16-19-9-12(18)10-20-16/h2-3,5-6,9-10H,4,7-8,11H2,1H3. The lowest BCUT2D eigenvalue weighted by molar-refractivity contribution is -0.123. The number of rotatable bonds is 1. The number of hydrogen-bond donors (Lipinski definition) is 0. The first-order valence-corrected chi connectivity index (χ1v) is 7.72. The monoisotopic (exact) mass is 312 g/mol. The number of benzene rings is 1. The molecule has 1 aromatic heterocycles. The van der Waals surface area contributed by atoms with Crippen LogP contribution in [0.2, 0.25) is 0 Å². The van der Waals surface area contributed by atoms with E-state index in [0.717, 1.165) is 30.6 Å². The summed E-state index contributed by atoms with van der Waals surface area (Å²) in [6.45, 7) is 1.30. The first-order chi connectivity index (χ1) is 11.1. The fourth-order valence-electron chi connectivity index (χ4n) is 3.81. The van der Waals surface area contributed by atoms with Crippen molar-refractivity contribution < 1.29 is 9.18 Å². The highest BCUT2D eigenvalue weighted by Crippen LogP contribution is 2.46. The Morgan fingerprint density at radius 1 is 1.22 bits per heavy atom. The lowest BCUT2D eigenvalue weighted by atomic mass is 9.75. The lowest BCUT2D eigenvalue weighted by Crippen LogP contribution is -2.52. The zero-order valence-corrected chi connectivity index (χ0v) is 12.9. The third-order valence-corrected chi connectivity index (χ3v) is 4.88. The van der Waals surface area contributed by atoms with E-state index in [4.69, 9.17) is 0 Å². The van der Waals surface area contributed by atoms with Crippen LogP contribution in [-0.4, -0.2) is 36.0 Å². The summed E-state index contributed by atoms with van der Waals surface area (Å²) in [5, 5.41) is 0. The molecular formula is C17H17FN4O. The molecule has 0 radical (unpaired) electrons. The Balaban J connectivity index is 1.74. The summed E-state index contributed by atoms with van der Waals surface area (Å²) in [6.07, 6.45) is 4.01. The van der Waals surface area contributed by atoms with Crippen LogP contribution in [0.1, 0.15) is 18.4 Å². The molecule has 4 rings (SSSR count). The first kappa shape index (κ1) is 14.1. The number of para-hydroxylation sites is 1. The van der Waals surface area contributed by atoms with Crippen molar-refractivity contribution in [2.45, 2.75) is 18.3 Å². The molecule has 2 aromatic rings. The second-order valence-corrected chi connectivity index (χ2v) is 6.19. The average molecular weight is 312 g/mol. The molecule has 0 saturated carbocycles. The van der Waals surface area contributed by atoms with Gasteiger partial charge in [0.1, 0.15) is 0 Å². The van der Waals surface area contributed by atoms with Crippen molar-refractivity contribution in [3.63, 3.8) is 0 Å². The van der Waals surface area contributed by atoms with Crippen molar-refractivity contribution in [3.05, 3.63) is 48.0 Å². The molecule has 2 aliphatic heterocycles. The zero-order valence-electron chi connectivity index (χ0n) is 12.9. The van der Waals surface area contributed by atoms with Gasteiger partial charge in [0.2, 0.25) is 11.9 Å². The van der Waals surface area contributed by atoms with Crippen molar-refractivity contribution >= 4 is 17.5 Å². The van der Waals surface area contributed by atoms with Crippen LogP contribution in [0.4, 0.5) is 16.0 Å². The summed E-state index contributed by atoms with van der Waals surface area (Å²) >= 11 is 0. The number of fused-ring (bicyclic) bond motifs is 2. The molecule has 1 amide bonds. The van der Waals surface area contributed by atoms with Crippen molar-refractivity contribution in [1.29, 1.82) is 0 Å². The number of nitrogens with zero attached hydrogens (tertiary/aromatic N) is 4. The summed E-state index contributed by atoms with van der Waals surface area (Å²) in [4.78, 5) is 24.8. The van der Waals surface area contributed by atoms with Gasteiger partial charge in [-0.1, -0.05) is 18.2 Å². The Labute approximate surface area is 133 Å². The fourth-order valence-corrected chi connectivity index (χ4v) is 3.81. The Bertz CT molecular complexity index is 763. The number of piperidine rings is 1. The highest BCUT2D eigenvalue weighted by Gasteiger charge is 2.51. The molecule has 5 nitrogen and oxygen atoms in total. The minimum absolute atomic E-state index is 0.116. The predicted molar refractivity (Wildman–Crippen MR) is 85.0 cm³/mol. The fraction of sp³-hybridized carbons (Fsp3) is 0.353. The van der Waals surface area contributed by atoms with Gasteiger partial charge in [0.25, 0.3) is 0 Å². The normalized spacial score (nSPS) is 23.5. The molecule has 23 heavy (non-hydrogen) atoms. The SMILES string of the molecule is CN1C(=O)C2(CCCN(c3ncc(F)cn3)C2)c2ccccc21. The Kier molecular flexibility index (Phi) is 3.07. The molecule has 0 aliphatic carbocycles. The highest BCUT2D eigenvalue weighted by atomic mass is 19.1. The number of amides is 1. The summed E-state index contributed by atoms with van der Waals surface area (Å²) in [5.41, 5.74) is 1.49. The Morgan fingerprint density at radius 3 is 2.74 bits per heavy atom. The molecule has 0 bridgehead atoms. The van der Waals surface area contributed by atoms with E-state index in [0.29, 0.717) is 12.5 Å². The maximum absolute atomic E-state index is 13.1. The molecular weight excluding hydrogens is 295 g/mol. The lowest BCUT2D eigenvalue weighted by Gasteiger charge is -2.39.